The minimum atomic E-state index is 0.347. The van der Waals surface area contributed by atoms with Gasteiger partial charge in [-0.05, 0) is 19.1 Å². The highest BCUT2D eigenvalue weighted by atomic mass is 32.2. The SMILES string of the molecule is CSC1(CNc2nc(N)c3cnn(C)c3n2)CCC1. The third-order valence-electron chi connectivity index (χ3n) is 3.89. The largest absolute Gasteiger partial charge is 0.383 e. The minimum Gasteiger partial charge on any atom is -0.383 e. The zero-order chi connectivity index (χ0) is 13.5. The molecule has 3 rings (SSSR count). The van der Waals surface area contributed by atoms with Gasteiger partial charge in [0.25, 0.3) is 0 Å². The van der Waals surface area contributed by atoms with Crippen LogP contribution in [0.3, 0.4) is 0 Å². The number of fused-ring (bicyclic) bond motifs is 1. The molecule has 0 amide bonds. The predicted molar refractivity (Wildman–Crippen MR) is 79.3 cm³/mol. The highest BCUT2D eigenvalue weighted by Gasteiger charge is 2.36. The van der Waals surface area contributed by atoms with Crippen LogP contribution in [0.1, 0.15) is 19.3 Å². The second kappa shape index (κ2) is 4.56. The monoisotopic (exact) mass is 278 g/mol. The Bertz CT molecular complexity index is 598. The molecule has 7 heteroatoms. The number of hydrogen-bond donors (Lipinski definition) is 2. The fourth-order valence-corrected chi connectivity index (χ4v) is 3.30. The summed E-state index contributed by atoms with van der Waals surface area (Å²) in [6.45, 7) is 0.886. The Morgan fingerprint density at radius 1 is 1.47 bits per heavy atom. The lowest BCUT2D eigenvalue weighted by molar-refractivity contribution is 0.379. The van der Waals surface area contributed by atoms with Crippen molar-refractivity contribution in [2.75, 3.05) is 23.9 Å². The zero-order valence-corrected chi connectivity index (χ0v) is 12.0. The van der Waals surface area contributed by atoms with E-state index in [1.54, 1.807) is 10.9 Å². The molecule has 0 aromatic carbocycles. The Morgan fingerprint density at radius 2 is 2.26 bits per heavy atom. The van der Waals surface area contributed by atoms with Crippen LogP contribution in [0.4, 0.5) is 11.8 Å². The van der Waals surface area contributed by atoms with Gasteiger partial charge in [-0.1, -0.05) is 6.42 Å². The third kappa shape index (κ3) is 2.11. The molecule has 0 spiro atoms. The summed E-state index contributed by atoms with van der Waals surface area (Å²) >= 11 is 1.92. The standard InChI is InChI=1S/C12H18N6S/c1-18-10-8(6-15-18)9(13)16-11(17-10)14-7-12(19-2)4-3-5-12/h6H,3-5,7H2,1-2H3,(H3,13,14,16,17). The summed E-state index contributed by atoms with van der Waals surface area (Å²) < 4.78 is 2.06. The molecule has 1 saturated carbocycles. The van der Waals surface area contributed by atoms with Gasteiger partial charge in [0.05, 0.1) is 11.6 Å². The lowest BCUT2D eigenvalue weighted by atomic mass is 9.84. The normalized spacial score (nSPS) is 17.4. The van der Waals surface area contributed by atoms with Crippen LogP contribution in [0, 0.1) is 0 Å². The maximum Gasteiger partial charge on any atom is 0.226 e. The molecule has 0 aliphatic heterocycles. The first-order valence-corrected chi connectivity index (χ1v) is 7.60. The van der Waals surface area contributed by atoms with Gasteiger partial charge < -0.3 is 11.1 Å². The van der Waals surface area contributed by atoms with Crippen molar-refractivity contribution >= 4 is 34.6 Å². The van der Waals surface area contributed by atoms with Crippen molar-refractivity contribution in [3.63, 3.8) is 0 Å². The van der Waals surface area contributed by atoms with Crippen molar-refractivity contribution in [2.24, 2.45) is 7.05 Å². The fraction of sp³-hybridized carbons (Fsp3) is 0.583. The van der Waals surface area contributed by atoms with Crippen molar-refractivity contribution in [2.45, 2.75) is 24.0 Å². The van der Waals surface area contributed by atoms with E-state index in [4.69, 9.17) is 5.73 Å². The van der Waals surface area contributed by atoms with Crippen molar-refractivity contribution in [1.82, 2.24) is 19.7 Å². The third-order valence-corrected chi connectivity index (χ3v) is 5.31. The second-order valence-electron chi connectivity index (χ2n) is 5.03. The first-order chi connectivity index (χ1) is 9.13. The van der Waals surface area contributed by atoms with Crippen LogP contribution in [0.15, 0.2) is 6.20 Å². The van der Waals surface area contributed by atoms with Gasteiger partial charge in [0.1, 0.15) is 5.82 Å². The molecule has 0 bridgehead atoms. The summed E-state index contributed by atoms with van der Waals surface area (Å²) in [4.78, 5) is 8.78. The van der Waals surface area contributed by atoms with Gasteiger partial charge in [-0.15, -0.1) is 0 Å². The topological polar surface area (TPSA) is 81.6 Å². The quantitative estimate of drug-likeness (QED) is 0.885. The Morgan fingerprint density at radius 3 is 2.89 bits per heavy atom. The number of hydrogen-bond acceptors (Lipinski definition) is 6. The van der Waals surface area contributed by atoms with Gasteiger partial charge in [-0.25, -0.2) is 0 Å². The molecular weight excluding hydrogens is 260 g/mol. The molecular formula is C12H18N6S. The van der Waals surface area contributed by atoms with E-state index in [-0.39, 0.29) is 0 Å². The van der Waals surface area contributed by atoms with E-state index in [0.29, 0.717) is 16.5 Å². The van der Waals surface area contributed by atoms with E-state index in [0.717, 1.165) is 17.6 Å². The summed E-state index contributed by atoms with van der Waals surface area (Å²) in [6, 6.07) is 0. The predicted octanol–water partition coefficient (Wildman–Crippen LogP) is 1.64. The minimum absolute atomic E-state index is 0.347. The molecule has 1 aliphatic carbocycles. The van der Waals surface area contributed by atoms with Crippen LogP contribution < -0.4 is 11.1 Å². The molecule has 2 heterocycles. The van der Waals surface area contributed by atoms with Crippen molar-refractivity contribution in [3.8, 4) is 0 Å². The number of aromatic nitrogens is 4. The molecule has 102 valence electrons. The van der Waals surface area contributed by atoms with Gasteiger partial charge in [-0.2, -0.15) is 26.8 Å². The maximum absolute atomic E-state index is 5.94. The fourth-order valence-electron chi connectivity index (χ4n) is 2.39. The first kappa shape index (κ1) is 12.5. The smallest absolute Gasteiger partial charge is 0.226 e. The number of nitrogens with zero attached hydrogens (tertiary/aromatic N) is 4. The van der Waals surface area contributed by atoms with Crippen molar-refractivity contribution in [3.05, 3.63) is 6.20 Å². The van der Waals surface area contributed by atoms with E-state index < -0.39 is 0 Å². The van der Waals surface area contributed by atoms with Gasteiger partial charge in [0.2, 0.25) is 5.95 Å². The Labute approximate surface area is 116 Å². The summed E-state index contributed by atoms with van der Waals surface area (Å²) in [6.07, 6.45) is 7.69. The van der Waals surface area contributed by atoms with Gasteiger partial charge in [0.15, 0.2) is 5.65 Å². The highest BCUT2D eigenvalue weighted by Crippen LogP contribution is 2.42. The molecule has 0 saturated heterocycles. The van der Waals surface area contributed by atoms with E-state index in [1.165, 1.54) is 19.3 Å². The molecule has 2 aromatic heterocycles. The summed E-state index contributed by atoms with van der Waals surface area (Å²) in [7, 11) is 1.86. The van der Waals surface area contributed by atoms with Crippen LogP contribution >= 0.6 is 11.8 Å². The number of thioether (sulfide) groups is 1. The maximum atomic E-state index is 5.94. The van der Waals surface area contributed by atoms with Gasteiger partial charge in [-0.3, -0.25) is 4.68 Å². The molecule has 1 aliphatic rings. The molecule has 0 radical (unpaired) electrons. The van der Waals surface area contributed by atoms with Gasteiger partial charge in [0, 0.05) is 18.3 Å². The number of nitrogen functional groups attached to an aromatic ring is 1. The zero-order valence-electron chi connectivity index (χ0n) is 11.2. The van der Waals surface area contributed by atoms with Crippen LogP contribution in [0.2, 0.25) is 0 Å². The highest BCUT2D eigenvalue weighted by molar-refractivity contribution is 8.00. The summed E-state index contributed by atoms with van der Waals surface area (Å²) in [5.41, 5.74) is 6.70. The van der Waals surface area contributed by atoms with Crippen molar-refractivity contribution < 1.29 is 0 Å². The lowest BCUT2D eigenvalue weighted by Crippen LogP contribution is -2.40. The van der Waals surface area contributed by atoms with Crippen LogP contribution in [0.5, 0.6) is 0 Å². The summed E-state index contributed by atoms with van der Waals surface area (Å²) in [5, 5.41) is 8.28. The Kier molecular flexibility index (Phi) is 3.00. The molecule has 0 atom stereocenters. The first-order valence-electron chi connectivity index (χ1n) is 6.38. The van der Waals surface area contributed by atoms with E-state index in [1.807, 2.05) is 18.8 Å². The number of aryl methyl sites for hydroxylation is 1. The molecule has 2 aromatic rings. The molecule has 19 heavy (non-hydrogen) atoms. The van der Waals surface area contributed by atoms with Gasteiger partial charge >= 0.3 is 0 Å². The molecule has 6 nitrogen and oxygen atoms in total. The lowest BCUT2D eigenvalue weighted by Gasteiger charge is -2.40. The summed E-state index contributed by atoms with van der Waals surface area (Å²) in [5.74, 6) is 1.07. The van der Waals surface area contributed by atoms with Crippen LogP contribution in [0.25, 0.3) is 11.0 Å². The average molecular weight is 278 g/mol. The van der Waals surface area contributed by atoms with E-state index in [9.17, 15) is 0 Å². The molecule has 3 N–H and O–H groups in total. The van der Waals surface area contributed by atoms with Crippen molar-refractivity contribution in [1.29, 1.82) is 0 Å². The van der Waals surface area contributed by atoms with Crippen LogP contribution in [-0.4, -0.2) is 37.3 Å². The second-order valence-corrected chi connectivity index (χ2v) is 6.31. The molecule has 1 fully saturated rings. The van der Waals surface area contributed by atoms with Crippen LogP contribution in [-0.2, 0) is 7.05 Å². The number of rotatable bonds is 4. The van der Waals surface area contributed by atoms with E-state index in [2.05, 4.69) is 26.6 Å². The average Bonchev–Trinajstić information content (AvgIpc) is 2.71. The Hall–Kier alpha value is -1.50. The van der Waals surface area contributed by atoms with E-state index >= 15 is 0 Å². The number of nitrogens with one attached hydrogen (secondary N) is 1. The number of anilines is 2. The molecule has 0 unspecified atom stereocenters. The Balaban J connectivity index is 1.83. The number of nitrogens with two attached hydrogens (primary N) is 1.